The molecule has 0 aliphatic heterocycles. The van der Waals surface area contributed by atoms with Gasteiger partial charge in [-0.05, 0) is 0 Å². The van der Waals surface area contributed by atoms with Gasteiger partial charge in [-0.15, -0.1) is 0 Å². The van der Waals surface area contributed by atoms with Crippen molar-refractivity contribution in [3.05, 3.63) is 0 Å². The first-order valence-electron chi connectivity index (χ1n) is 0.463. The van der Waals surface area contributed by atoms with Crippen LogP contribution in [0, 0.1) is 0 Å². The molecule has 0 radical (unpaired) electrons. The molecular weight excluding hydrogens is 481 g/mol. The summed E-state index contributed by atoms with van der Waals surface area (Å²) in [5.41, 5.74) is 0. The van der Waals surface area contributed by atoms with E-state index in [1.807, 2.05) is 0 Å². The van der Waals surface area contributed by atoms with Crippen LogP contribution in [-0.2, 0) is 4.30 Å². The summed E-state index contributed by atoms with van der Waals surface area (Å²) < 4.78 is -0.132. The normalized spacial score (nSPS) is 5.14. The third-order valence-electron chi connectivity index (χ3n) is 0. The van der Waals surface area contributed by atoms with Gasteiger partial charge >= 0.3 is 65.1 Å². The van der Waals surface area contributed by atoms with Crippen molar-refractivity contribution in [2.24, 2.45) is 0 Å². The van der Waals surface area contributed by atoms with Crippen LogP contribution in [0.25, 0.3) is 0 Å². The van der Waals surface area contributed by atoms with Gasteiger partial charge in [-0.25, -0.2) is 0 Å². The molecule has 7 heavy (non-hydrogen) atoms. The van der Waals surface area contributed by atoms with Crippen molar-refractivity contribution in [3.8, 4) is 0 Å². The summed E-state index contributed by atoms with van der Waals surface area (Å²) in [5.74, 6) is 0. The fourth-order valence-corrected chi connectivity index (χ4v) is 0. The molecule has 0 saturated heterocycles. The first-order valence-corrected chi connectivity index (χ1v) is 12.8. The molecule has 0 aliphatic rings. The molecule has 0 unspecified atom stereocenters. The zero-order chi connectivity index (χ0) is 3.58. The molecule has 0 aliphatic carbocycles. The van der Waals surface area contributed by atoms with E-state index in [0.29, 0.717) is 0 Å². The summed E-state index contributed by atoms with van der Waals surface area (Å²) in [4.78, 5) is 0. The topological polar surface area (TPSA) is 94.5 Å². The molecule has 0 amide bonds. The average Bonchev–Trinajstić information content (AvgIpc) is 0.811. The van der Waals surface area contributed by atoms with E-state index in [0.717, 1.165) is 0 Å². The number of rotatable bonds is 0. The van der Waals surface area contributed by atoms with Crippen LogP contribution in [0.3, 0.4) is 0 Å². The Morgan fingerprint density at radius 1 is 0.714 bits per heavy atom. The number of hydrogen-bond acceptors (Lipinski definition) is 0. The number of hydrogen-bond donors (Lipinski definition) is 0. The summed E-state index contributed by atoms with van der Waals surface area (Å²) >= 11 is 7.33. The molecule has 0 bridgehead atoms. The molecule has 0 aromatic carbocycles. The minimum atomic E-state index is -0.132. The fourth-order valence-electron chi connectivity index (χ4n) is 0. The van der Waals surface area contributed by atoms with Crippen LogP contribution >= 0.6 is 60.8 Å². The van der Waals surface area contributed by atoms with Gasteiger partial charge in [0.15, 0.2) is 0 Å². The van der Waals surface area contributed by atoms with Crippen LogP contribution in [0.1, 0.15) is 0 Å². The van der Waals surface area contributed by atoms with E-state index in [4.69, 9.17) is 0 Å². The van der Waals surface area contributed by atoms with Crippen LogP contribution in [-0.4, -0.2) is 16.4 Å². The Balaban J connectivity index is -0.0000000150. The van der Waals surface area contributed by atoms with Gasteiger partial charge in [-0.1, -0.05) is 0 Å². The zero-order valence-electron chi connectivity index (χ0n) is 3.04. The molecular formula is H6CrI3O3. The van der Waals surface area contributed by atoms with Crippen molar-refractivity contribution < 1.29 is 20.7 Å². The fraction of sp³-hybridized carbons (Fsp3) is 0. The van der Waals surface area contributed by atoms with Crippen LogP contribution in [0.15, 0.2) is 0 Å². The number of halogens is 3. The zero-order valence-corrected chi connectivity index (χ0v) is 10.8. The van der Waals surface area contributed by atoms with Crippen LogP contribution in [0.4, 0.5) is 0 Å². The van der Waals surface area contributed by atoms with Gasteiger partial charge in [0.25, 0.3) is 0 Å². The summed E-state index contributed by atoms with van der Waals surface area (Å²) in [6.45, 7) is 0. The Kier molecular flexibility index (Phi) is 51.2. The second-order valence-electron chi connectivity index (χ2n) is 0.175. The first kappa shape index (κ1) is 22.6. The van der Waals surface area contributed by atoms with Gasteiger partial charge in [0, 0.05) is 0 Å². The van der Waals surface area contributed by atoms with Crippen molar-refractivity contribution >= 4 is 60.8 Å². The maximum absolute atomic E-state index is 2.44. The van der Waals surface area contributed by atoms with Gasteiger partial charge in [-0.3, -0.25) is 0 Å². The van der Waals surface area contributed by atoms with Crippen molar-refractivity contribution in [3.63, 3.8) is 0 Å². The molecule has 0 rings (SSSR count). The van der Waals surface area contributed by atoms with Crippen molar-refractivity contribution in [1.29, 1.82) is 0 Å². The Bertz CT molecular complexity index is 14.9. The summed E-state index contributed by atoms with van der Waals surface area (Å²) in [7, 11) is 0. The van der Waals surface area contributed by atoms with Gasteiger partial charge < -0.3 is 16.4 Å². The van der Waals surface area contributed by atoms with E-state index in [2.05, 4.69) is 60.8 Å². The van der Waals surface area contributed by atoms with E-state index < -0.39 is 0 Å². The Morgan fingerprint density at radius 2 is 0.714 bits per heavy atom. The SMILES string of the molecule is O.O.O.[I][Cr]([I])[I]. The second-order valence-corrected chi connectivity index (χ2v) is 32.5. The molecule has 6 N–H and O–H groups in total. The molecule has 3 nitrogen and oxygen atoms in total. The summed E-state index contributed by atoms with van der Waals surface area (Å²) in [5, 5.41) is 0. The molecule has 7 heteroatoms. The predicted molar refractivity (Wildman–Crippen MR) is 52.9 cm³/mol. The van der Waals surface area contributed by atoms with Gasteiger partial charge in [0.1, 0.15) is 0 Å². The molecule has 0 fully saturated rings. The molecule has 0 saturated carbocycles. The van der Waals surface area contributed by atoms with Crippen molar-refractivity contribution in [2.45, 2.75) is 0 Å². The summed E-state index contributed by atoms with van der Waals surface area (Å²) in [6.07, 6.45) is 0. The first-order chi connectivity index (χ1) is 1.73. The third-order valence-corrected chi connectivity index (χ3v) is 0. The predicted octanol–water partition coefficient (Wildman–Crippen LogP) is 0.180. The quantitative estimate of drug-likeness (QED) is 0.437. The van der Waals surface area contributed by atoms with E-state index in [-0.39, 0.29) is 20.7 Å². The van der Waals surface area contributed by atoms with Crippen LogP contribution in [0.2, 0.25) is 0 Å². The maximum atomic E-state index is 2.44. The monoisotopic (exact) mass is 487 g/mol. The molecule has 0 aromatic heterocycles. The van der Waals surface area contributed by atoms with E-state index >= 15 is 0 Å². The average molecular weight is 487 g/mol. The second kappa shape index (κ2) is 15.8. The molecule has 0 heterocycles. The third kappa shape index (κ3) is 55.4. The van der Waals surface area contributed by atoms with Gasteiger partial charge in [0.2, 0.25) is 0 Å². The van der Waals surface area contributed by atoms with Crippen LogP contribution in [0.5, 0.6) is 0 Å². The van der Waals surface area contributed by atoms with E-state index in [1.54, 1.807) is 0 Å². The minimum absolute atomic E-state index is 0. The molecule has 0 atom stereocenters. The summed E-state index contributed by atoms with van der Waals surface area (Å²) in [6, 6.07) is 0. The van der Waals surface area contributed by atoms with Gasteiger partial charge in [0.05, 0.1) is 0 Å². The van der Waals surface area contributed by atoms with Crippen molar-refractivity contribution in [1.82, 2.24) is 0 Å². The molecule has 0 aromatic rings. The molecule has 0 spiro atoms. The molecule has 51 valence electrons. The van der Waals surface area contributed by atoms with Gasteiger partial charge in [-0.2, -0.15) is 0 Å². The Morgan fingerprint density at radius 3 is 0.714 bits per heavy atom. The Labute approximate surface area is 79.9 Å². The van der Waals surface area contributed by atoms with Crippen LogP contribution < -0.4 is 0 Å². The Hall–Kier alpha value is 2.60. The van der Waals surface area contributed by atoms with E-state index in [9.17, 15) is 0 Å². The van der Waals surface area contributed by atoms with E-state index in [1.165, 1.54) is 0 Å². The standard InChI is InChI=1S/Cr.3HI.3H2O/h;3*1H;3*1H2/q+3;;;;;;/p-3. The van der Waals surface area contributed by atoms with Crippen molar-refractivity contribution in [2.75, 3.05) is 0 Å².